The molecule has 9 heteroatoms. The summed E-state index contributed by atoms with van der Waals surface area (Å²) in [5.41, 5.74) is -0.621. The number of thioether (sulfide) groups is 1. The minimum Gasteiger partial charge on any atom is -0.348 e. The number of alkyl halides is 3. The van der Waals surface area contributed by atoms with Gasteiger partial charge in [-0.2, -0.15) is 13.2 Å². The van der Waals surface area contributed by atoms with Gasteiger partial charge in [0.1, 0.15) is 0 Å². The summed E-state index contributed by atoms with van der Waals surface area (Å²) in [5.74, 6) is -0.285. The maximum atomic E-state index is 12.7. The lowest BCUT2D eigenvalue weighted by Crippen LogP contribution is -2.26. The summed E-state index contributed by atoms with van der Waals surface area (Å²) < 4.78 is 37.3. The number of nitrogens with zero attached hydrogens (tertiary/aromatic N) is 1. The zero-order chi connectivity index (χ0) is 22.0. The lowest BCUT2D eigenvalue weighted by molar-refractivity contribution is -0.117. The van der Waals surface area contributed by atoms with Crippen molar-refractivity contribution in [2.24, 2.45) is 0 Å². The summed E-state index contributed by atoms with van der Waals surface area (Å²) in [7, 11) is 0. The molecule has 0 spiro atoms. The molecule has 160 valence electrons. The molecule has 2 heterocycles. The van der Waals surface area contributed by atoms with Crippen molar-refractivity contribution in [1.82, 2.24) is 10.3 Å². The number of carbonyl (C=O) groups is 1. The topological polar surface area (TPSA) is 42.0 Å². The van der Waals surface area contributed by atoms with Crippen LogP contribution < -0.4 is 5.32 Å². The maximum Gasteiger partial charge on any atom is 0.446 e. The Bertz CT molecular complexity index is 1130. The number of thiophene rings is 1. The van der Waals surface area contributed by atoms with E-state index >= 15 is 0 Å². The fourth-order valence-electron chi connectivity index (χ4n) is 3.28. The van der Waals surface area contributed by atoms with E-state index in [9.17, 15) is 18.0 Å². The van der Waals surface area contributed by atoms with Gasteiger partial charge in [-0.1, -0.05) is 29.8 Å². The van der Waals surface area contributed by atoms with Crippen LogP contribution in [0.3, 0.4) is 0 Å². The SMILES string of the molecule is O=C(NCc1ccc(SC(F)(F)F)cc1)C1=C(Cl)c2ccc(-c3cccs3)nc2CC1. The summed E-state index contributed by atoms with van der Waals surface area (Å²) in [6, 6.07) is 13.7. The maximum absolute atomic E-state index is 12.7. The lowest BCUT2D eigenvalue weighted by Gasteiger charge is -2.19. The third-order valence-electron chi connectivity index (χ3n) is 4.75. The highest BCUT2D eigenvalue weighted by molar-refractivity contribution is 8.00. The molecule has 2 aromatic heterocycles. The molecule has 0 unspecified atom stereocenters. The monoisotopic (exact) mass is 480 g/mol. The number of rotatable bonds is 5. The molecule has 0 bridgehead atoms. The van der Waals surface area contributed by atoms with Gasteiger partial charge < -0.3 is 5.32 Å². The van der Waals surface area contributed by atoms with Gasteiger partial charge in [0.15, 0.2) is 0 Å². The largest absolute Gasteiger partial charge is 0.446 e. The van der Waals surface area contributed by atoms with Crippen molar-refractivity contribution in [3.63, 3.8) is 0 Å². The molecular formula is C22H16ClF3N2OS2. The van der Waals surface area contributed by atoms with Crippen LogP contribution in [0.5, 0.6) is 0 Å². The highest BCUT2D eigenvalue weighted by Gasteiger charge is 2.29. The van der Waals surface area contributed by atoms with Gasteiger partial charge in [0.25, 0.3) is 0 Å². The molecule has 0 aliphatic heterocycles. The van der Waals surface area contributed by atoms with Gasteiger partial charge in [-0.3, -0.25) is 9.78 Å². The molecular weight excluding hydrogens is 465 g/mol. The second-order valence-corrected chi connectivity index (χ2v) is 9.30. The van der Waals surface area contributed by atoms with Crippen molar-refractivity contribution in [3.8, 4) is 10.6 Å². The van der Waals surface area contributed by atoms with Gasteiger partial charge in [0, 0.05) is 22.6 Å². The second-order valence-electron chi connectivity index (χ2n) is 6.84. The predicted octanol–water partition coefficient (Wildman–Crippen LogP) is 6.63. The Labute approximate surface area is 190 Å². The van der Waals surface area contributed by atoms with Crippen LogP contribution in [0.25, 0.3) is 15.6 Å². The number of amides is 1. The van der Waals surface area contributed by atoms with Crippen molar-refractivity contribution in [1.29, 1.82) is 0 Å². The normalized spacial score (nSPS) is 13.8. The third kappa shape index (κ3) is 5.31. The molecule has 3 nitrogen and oxygen atoms in total. The number of aromatic nitrogens is 1. The van der Waals surface area contributed by atoms with Crippen molar-refractivity contribution >= 4 is 45.6 Å². The second kappa shape index (κ2) is 9.06. The van der Waals surface area contributed by atoms with E-state index in [4.69, 9.17) is 16.6 Å². The first-order chi connectivity index (χ1) is 14.8. The van der Waals surface area contributed by atoms with Crippen LogP contribution in [-0.2, 0) is 17.8 Å². The summed E-state index contributed by atoms with van der Waals surface area (Å²) >= 11 is 7.97. The Balaban J connectivity index is 1.44. The first-order valence-electron chi connectivity index (χ1n) is 9.36. The third-order valence-corrected chi connectivity index (χ3v) is 6.81. The lowest BCUT2D eigenvalue weighted by atomic mass is 9.94. The molecule has 3 aromatic rings. The summed E-state index contributed by atoms with van der Waals surface area (Å²) in [6.45, 7) is 0.200. The van der Waals surface area contributed by atoms with Crippen LogP contribution in [0.15, 0.2) is 64.4 Å². The van der Waals surface area contributed by atoms with Crippen molar-refractivity contribution in [2.45, 2.75) is 29.8 Å². The van der Waals surface area contributed by atoms with Gasteiger partial charge in [0.05, 0.1) is 21.3 Å². The number of fused-ring (bicyclic) bond motifs is 1. The summed E-state index contributed by atoms with van der Waals surface area (Å²) in [5, 5.41) is 5.19. The number of halogens is 4. The number of hydrogen-bond donors (Lipinski definition) is 1. The smallest absolute Gasteiger partial charge is 0.348 e. The first-order valence-corrected chi connectivity index (χ1v) is 11.4. The zero-order valence-electron chi connectivity index (χ0n) is 16.0. The van der Waals surface area contributed by atoms with Crippen molar-refractivity contribution in [2.75, 3.05) is 0 Å². The number of nitrogens with one attached hydrogen (secondary N) is 1. The zero-order valence-corrected chi connectivity index (χ0v) is 18.4. The molecule has 0 saturated heterocycles. The number of carbonyl (C=O) groups excluding carboxylic acids is 1. The molecule has 1 N–H and O–H groups in total. The molecule has 0 atom stereocenters. The van der Waals surface area contributed by atoms with E-state index in [-0.39, 0.29) is 29.1 Å². The Kier molecular flexibility index (Phi) is 6.41. The number of aryl methyl sites for hydroxylation is 1. The van der Waals surface area contributed by atoms with E-state index in [1.54, 1.807) is 23.5 Å². The Morgan fingerprint density at radius 2 is 1.90 bits per heavy atom. The van der Waals surface area contributed by atoms with Crippen LogP contribution in [-0.4, -0.2) is 16.4 Å². The summed E-state index contributed by atoms with van der Waals surface area (Å²) in [6.07, 6.45) is 1.08. The Morgan fingerprint density at radius 1 is 1.13 bits per heavy atom. The van der Waals surface area contributed by atoms with Crippen molar-refractivity contribution in [3.05, 3.63) is 76.3 Å². The van der Waals surface area contributed by atoms with E-state index < -0.39 is 5.51 Å². The molecule has 31 heavy (non-hydrogen) atoms. The van der Waals surface area contributed by atoms with Crippen LogP contribution >= 0.6 is 34.7 Å². The molecule has 0 radical (unpaired) electrons. The van der Waals surface area contributed by atoms with Crippen LogP contribution in [0, 0.1) is 0 Å². The molecule has 1 aliphatic rings. The Morgan fingerprint density at radius 3 is 2.58 bits per heavy atom. The highest BCUT2D eigenvalue weighted by Crippen LogP contribution is 2.37. The van der Waals surface area contributed by atoms with Gasteiger partial charge in [-0.15, -0.1) is 11.3 Å². The molecule has 0 fully saturated rings. The van der Waals surface area contributed by atoms with Crippen LogP contribution in [0.4, 0.5) is 13.2 Å². The quantitative estimate of drug-likeness (QED) is 0.416. The predicted molar refractivity (Wildman–Crippen MR) is 119 cm³/mol. The molecule has 4 rings (SSSR count). The van der Waals surface area contributed by atoms with E-state index in [1.807, 2.05) is 29.6 Å². The van der Waals surface area contributed by atoms with Gasteiger partial charge in [0.2, 0.25) is 5.91 Å². The van der Waals surface area contributed by atoms with Crippen LogP contribution in [0.2, 0.25) is 0 Å². The molecule has 0 saturated carbocycles. The Hall–Kier alpha value is -2.29. The molecule has 1 amide bonds. The average molecular weight is 481 g/mol. The standard InChI is InChI=1S/C22H16ClF3N2OS2/c23-20-15-7-10-18(19-2-1-11-30-19)28-17(15)9-8-16(20)21(29)27-12-13-3-5-14(6-4-13)31-22(24,25)26/h1-7,10-11H,8-9,12H2,(H,27,29). The van der Waals surface area contributed by atoms with E-state index in [0.29, 0.717) is 29.0 Å². The fourth-order valence-corrected chi connectivity index (χ4v) is 4.87. The highest BCUT2D eigenvalue weighted by atomic mass is 35.5. The van der Waals surface area contributed by atoms with E-state index in [2.05, 4.69) is 5.32 Å². The minimum absolute atomic E-state index is 0.103. The molecule has 1 aliphatic carbocycles. The number of benzene rings is 1. The first kappa shape index (κ1) is 21.9. The minimum atomic E-state index is -4.32. The van der Waals surface area contributed by atoms with Gasteiger partial charge >= 0.3 is 5.51 Å². The van der Waals surface area contributed by atoms with E-state index in [1.165, 1.54) is 12.1 Å². The fraction of sp³-hybridized carbons (Fsp3) is 0.182. The van der Waals surface area contributed by atoms with Gasteiger partial charge in [-0.05, 0) is 65.9 Å². The van der Waals surface area contributed by atoms with Gasteiger partial charge in [-0.25, -0.2) is 0 Å². The number of pyridine rings is 1. The summed E-state index contributed by atoms with van der Waals surface area (Å²) in [4.78, 5) is 18.6. The van der Waals surface area contributed by atoms with Crippen LogP contribution in [0.1, 0.15) is 23.2 Å². The average Bonchev–Trinajstić information content (AvgIpc) is 3.27. The number of hydrogen-bond acceptors (Lipinski definition) is 4. The molecule has 1 aromatic carbocycles. The van der Waals surface area contributed by atoms with E-state index in [0.717, 1.165) is 21.8 Å². The van der Waals surface area contributed by atoms with Crippen molar-refractivity contribution < 1.29 is 18.0 Å².